The van der Waals surface area contributed by atoms with E-state index in [0.717, 1.165) is 30.7 Å². The van der Waals surface area contributed by atoms with Crippen molar-refractivity contribution < 1.29 is 0 Å². The summed E-state index contributed by atoms with van der Waals surface area (Å²) in [4.78, 5) is 4.43. The molecule has 1 fully saturated rings. The molecular weight excluding hydrogens is 340 g/mol. The highest BCUT2D eigenvalue weighted by molar-refractivity contribution is 5.86. The number of hydrogen-bond donors (Lipinski definition) is 1. The Morgan fingerprint density at radius 1 is 1.25 bits per heavy atom. The van der Waals surface area contributed by atoms with Gasteiger partial charge in [0.25, 0.3) is 0 Å². The maximum atomic E-state index is 4.44. The predicted molar refractivity (Wildman–Crippen MR) is 123 cm³/mol. The third-order valence-electron chi connectivity index (χ3n) is 6.65. The van der Waals surface area contributed by atoms with Crippen LogP contribution in [0.3, 0.4) is 0 Å². The molecule has 0 heterocycles. The monoisotopic (exact) mass is 376 g/mol. The van der Waals surface area contributed by atoms with E-state index in [4.69, 9.17) is 0 Å². The topological polar surface area (TPSA) is 24.4 Å². The summed E-state index contributed by atoms with van der Waals surface area (Å²) in [5.41, 5.74) is 12.5. The molecule has 0 amide bonds. The van der Waals surface area contributed by atoms with E-state index in [2.05, 4.69) is 63.6 Å². The van der Waals surface area contributed by atoms with Crippen molar-refractivity contribution in [3.63, 3.8) is 0 Å². The van der Waals surface area contributed by atoms with Crippen molar-refractivity contribution in [2.45, 2.75) is 85.6 Å². The van der Waals surface area contributed by atoms with Gasteiger partial charge in [0.05, 0.1) is 0 Å². The SMILES string of the molecule is C=C(NC1(CC)CC1)C1=C(C)Cc2c(C)cc(CC/C(C)=C(\C)N=CC)cc21. The maximum absolute atomic E-state index is 4.44. The molecule has 2 aliphatic rings. The summed E-state index contributed by atoms with van der Waals surface area (Å²) in [6.07, 6.45) is 8.76. The molecule has 0 atom stereocenters. The summed E-state index contributed by atoms with van der Waals surface area (Å²) in [6.45, 7) is 17.5. The molecule has 0 saturated heterocycles. The lowest BCUT2D eigenvalue weighted by molar-refractivity contribution is 0.547. The van der Waals surface area contributed by atoms with Gasteiger partial charge in [-0.25, -0.2) is 0 Å². The quantitative estimate of drug-likeness (QED) is 0.502. The summed E-state index contributed by atoms with van der Waals surface area (Å²) < 4.78 is 0. The minimum Gasteiger partial charge on any atom is -0.380 e. The molecule has 0 aliphatic heterocycles. The molecule has 0 aromatic heterocycles. The molecule has 3 rings (SSSR count). The van der Waals surface area contributed by atoms with Crippen LogP contribution in [0.1, 0.15) is 82.6 Å². The number of benzene rings is 1. The average molecular weight is 377 g/mol. The second kappa shape index (κ2) is 8.11. The van der Waals surface area contributed by atoms with Gasteiger partial charge in [0.1, 0.15) is 0 Å². The van der Waals surface area contributed by atoms with Crippen LogP contribution in [0.5, 0.6) is 0 Å². The number of nitrogens with one attached hydrogen (secondary N) is 1. The van der Waals surface area contributed by atoms with Crippen LogP contribution in [0.2, 0.25) is 0 Å². The van der Waals surface area contributed by atoms with Gasteiger partial charge in [0, 0.05) is 28.7 Å². The first kappa shape index (κ1) is 20.6. The van der Waals surface area contributed by atoms with Crippen LogP contribution in [0.4, 0.5) is 0 Å². The van der Waals surface area contributed by atoms with Crippen molar-refractivity contribution in [1.82, 2.24) is 5.32 Å². The van der Waals surface area contributed by atoms with Crippen molar-refractivity contribution in [2.24, 2.45) is 4.99 Å². The van der Waals surface area contributed by atoms with E-state index in [0.29, 0.717) is 5.54 Å². The molecule has 1 aromatic rings. The van der Waals surface area contributed by atoms with Crippen LogP contribution in [-0.2, 0) is 12.8 Å². The zero-order chi connectivity index (χ0) is 20.5. The van der Waals surface area contributed by atoms with Gasteiger partial charge in [-0.1, -0.05) is 36.8 Å². The highest BCUT2D eigenvalue weighted by atomic mass is 15.0. The molecular formula is C26H36N2. The maximum Gasteiger partial charge on any atom is 0.0372 e. The number of aliphatic imine (C=N–C) groups is 1. The van der Waals surface area contributed by atoms with E-state index in [1.54, 1.807) is 0 Å². The first-order valence-corrected chi connectivity index (χ1v) is 10.7. The van der Waals surface area contributed by atoms with Gasteiger partial charge in [0.15, 0.2) is 0 Å². The van der Waals surface area contributed by atoms with Crippen LogP contribution in [0.25, 0.3) is 5.57 Å². The fraction of sp³-hybridized carbons (Fsp3) is 0.500. The van der Waals surface area contributed by atoms with Gasteiger partial charge in [-0.05, 0) is 95.4 Å². The molecule has 1 N–H and O–H groups in total. The zero-order valence-corrected chi connectivity index (χ0v) is 18.6. The molecule has 28 heavy (non-hydrogen) atoms. The van der Waals surface area contributed by atoms with E-state index in [-0.39, 0.29) is 0 Å². The second-order valence-corrected chi connectivity index (χ2v) is 8.76. The summed E-state index contributed by atoms with van der Waals surface area (Å²) in [7, 11) is 0. The Hall–Kier alpha value is -2.09. The lowest BCUT2D eigenvalue weighted by Crippen LogP contribution is -2.29. The Morgan fingerprint density at radius 2 is 1.96 bits per heavy atom. The number of hydrogen-bond acceptors (Lipinski definition) is 2. The smallest absolute Gasteiger partial charge is 0.0372 e. The molecule has 2 nitrogen and oxygen atoms in total. The van der Waals surface area contributed by atoms with Crippen molar-refractivity contribution in [3.05, 3.63) is 63.5 Å². The van der Waals surface area contributed by atoms with Crippen LogP contribution >= 0.6 is 0 Å². The highest BCUT2D eigenvalue weighted by Crippen LogP contribution is 2.43. The van der Waals surface area contributed by atoms with Crippen molar-refractivity contribution in [1.29, 1.82) is 0 Å². The fourth-order valence-corrected chi connectivity index (χ4v) is 4.41. The summed E-state index contributed by atoms with van der Waals surface area (Å²) in [5, 5.41) is 3.77. The predicted octanol–water partition coefficient (Wildman–Crippen LogP) is 6.69. The van der Waals surface area contributed by atoms with Crippen molar-refractivity contribution in [2.75, 3.05) is 0 Å². The summed E-state index contributed by atoms with van der Waals surface area (Å²) in [5.74, 6) is 0. The van der Waals surface area contributed by atoms with Crippen LogP contribution in [0, 0.1) is 6.92 Å². The van der Waals surface area contributed by atoms with Crippen molar-refractivity contribution in [3.8, 4) is 0 Å². The molecule has 150 valence electrons. The molecule has 1 aromatic carbocycles. The van der Waals surface area contributed by atoms with E-state index in [1.807, 2.05) is 13.1 Å². The van der Waals surface area contributed by atoms with Crippen LogP contribution in [0.15, 0.2) is 46.2 Å². The third kappa shape index (κ3) is 4.16. The number of fused-ring (bicyclic) bond motifs is 1. The van der Waals surface area contributed by atoms with Gasteiger partial charge in [0.2, 0.25) is 0 Å². The Bertz CT molecular complexity index is 876. The fourth-order valence-electron chi connectivity index (χ4n) is 4.41. The van der Waals surface area contributed by atoms with E-state index in [9.17, 15) is 0 Å². The molecule has 1 saturated carbocycles. The van der Waals surface area contributed by atoms with Gasteiger partial charge in [-0.2, -0.15) is 0 Å². The molecule has 0 radical (unpaired) electrons. The van der Waals surface area contributed by atoms with E-state index < -0.39 is 0 Å². The Kier molecular flexibility index (Phi) is 5.98. The first-order chi connectivity index (χ1) is 13.3. The first-order valence-electron chi connectivity index (χ1n) is 10.7. The number of rotatable bonds is 8. The number of aryl methyl sites for hydroxylation is 2. The Balaban J connectivity index is 1.83. The lowest BCUT2D eigenvalue weighted by atomic mass is 9.93. The minimum atomic E-state index is 0.305. The van der Waals surface area contributed by atoms with Gasteiger partial charge >= 0.3 is 0 Å². The summed E-state index contributed by atoms with van der Waals surface area (Å²) in [6, 6.07) is 4.80. The lowest BCUT2D eigenvalue weighted by Gasteiger charge is -2.21. The van der Waals surface area contributed by atoms with E-state index in [1.165, 1.54) is 58.2 Å². The van der Waals surface area contributed by atoms with Gasteiger partial charge < -0.3 is 5.32 Å². The Labute approximate surface area is 171 Å². The number of nitrogens with zero attached hydrogens (tertiary/aromatic N) is 1. The standard InChI is InChI=1S/C26H36N2/c1-8-26(12-13-26)28-21(7)25-19(5)15-23-18(4)14-22(16-24(23)25)11-10-17(3)20(6)27-9-2/h9,14,16,28H,7-8,10-13,15H2,1-6H3/b20-17+,27-9?. The second-order valence-electron chi connectivity index (χ2n) is 8.76. The van der Waals surface area contributed by atoms with E-state index >= 15 is 0 Å². The van der Waals surface area contributed by atoms with Gasteiger partial charge in [-0.15, -0.1) is 0 Å². The summed E-state index contributed by atoms with van der Waals surface area (Å²) >= 11 is 0. The molecule has 2 aliphatic carbocycles. The highest BCUT2D eigenvalue weighted by Gasteiger charge is 2.41. The molecule has 0 bridgehead atoms. The Morgan fingerprint density at radius 3 is 2.57 bits per heavy atom. The largest absolute Gasteiger partial charge is 0.380 e. The molecule has 0 unspecified atom stereocenters. The normalized spacial score (nSPS) is 18.4. The molecule has 0 spiro atoms. The third-order valence-corrected chi connectivity index (χ3v) is 6.65. The minimum absolute atomic E-state index is 0.305. The van der Waals surface area contributed by atoms with Crippen molar-refractivity contribution >= 4 is 11.8 Å². The van der Waals surface area contributed by atoms with Crippen LogP contribution in [-0.4, -0.2) is 11.8 Å². The van der Waals surface area contributed by atoms with Gasteiger partial charge in [-0.3, -0.25) is 4.99 Å². The molecule has 2 heteroatoms. The van der Waals surface area contributed by atoms with Crippen LogP contribution < -0.4 is 5.32 Å². The number of allylic oxidation sites excluding steroid dienone is 4. The zero-order valence-electron chi connectivity index (χ0n) is 18.6. The average Bonchev–Trinajstić information content (AvgIpc) is 3.34.